The number of pyridine rings is 1. The second-order valence-corrected chi connectivity index (χ2v) is 7.47. The van der Waals surface area contributed by atoms with E-state index in [1.807, 2.05) is 0 Å². The van der Waals surface area contributed by atoms with Gasteiger partial charge in [-0.25, -0.2) is 0 Å². The van der Waals surface area contributed by atoms with E-state index in [2.05, 4.69) is 78.2 Å². The van der Waals surface area contributed by atoms with Gasteiger partial charge in [0.05, 0.1) is 0 Å². The number of benzene rings is 2. The zero-order valence-electron chi connectivity index (χ0n) is 12.1. The van der Waals surface area contributed by atoms with Crippen LogP contribution >= 0.6 is 0 Å². The molecule has 0 fully saturated rings. The van der Waals surface area contributed by atoms with E-state index < -0.39 is 0 Å². The summed E-state index contributed by atoms with van der Waals surface area (Å²) in [6.07, 6.45) is 2.25. The zero-order valence-corrected chi connectivity index (χ0v) is 13.8. The number of nitrogens with zero attached hydrogens (tertiary/aromatic N) is 1. The molecule has 0 aliphatic rings. The fourth-order valence-electron chi connectivity index (χ4n) is 3.00. The Labute approximate surface area is 130 Å². The molecule has 0 spiro atoms. The summed E-state index contributed by atoms with van der Waals surface area (Å²) in [5.41, 5.74) is 3.91. The standard InChI is InChI=1S/C19H16NSe/c1-13-5-3-4-6-15(13)18-11-17-14(12-20(18)2)7-8-19-16(17)9-10-21-19/h3-12H,1-2H3/q+1. The van der Waals surface area contributed by atoms with Gasteiger partial charge in [-0.1, -0.05) is 0 Å². The van der Waals surface area contributed by atoms with Gasteiger partial charge in [0.15, 0.2) is 0 Å². The first-order chi connectivity index (χ1) is 10.2. The number of fused-ring (bicyclic) bond motifs is 3. The molecule has 4 rings (SSSR count). The Kier molecular flexibility index (Phi) is 2.95. The van der Waals surface area contributed by atoms with Crippen molar-refractivity contribution in [2.24, 2.45) is 7.05 Å². The molecule has 1 nitrogen and oxygen atoms in total. The van der Waals surface area contributed by atoms with E-state index in [-0.39, 0.29) is 0 Å². The average molecular weight is 337 g/mol. The molecule has 0 aliphatic carbocycles. The van der Waals surface area contributed by atoms with Crippen molar-refractivity contribution in [1.82, 2.24) is 0 Å². The van der Waals surface area contributed by atoms with E-state index in [0.29, 0.717) is 14.5 Å². The van der Waals surface area contributed by atoms with E-state index in [4.69, 9.17) is 0 Å². The number of aryl methyl sites for hydroxylation is 2. The molecule has 0 radical (unpaired) electrons. The molecule has 2 heterocycles. The molecule has 2 aromatic carbocycles. The summed E-state index contributed by atoms with van der Waals surface area (Å²) in [4.78, 5) is 2.32. The molecule has 0 unspecified atom stereocenters. The third-order valence-corrected chi connectivity index (χ3v) is 5.98. The minimum absolute atomic E-state index is 0.504. The van der Waals surface area contributed by atoms with Crippen LogP contribution in [0.25, 0.3) is 31.7 Å². The minimum atomic E-state index is 0.504. The van der Waals surface area contributed by atoms with Gasteiger partial charge in [-0.05, 0) is 0 Å². The normalized spacial score (nSPS) is 11.3. The topological polar surface area (TPSA) is 3.88 Å². The van der Waals surface area contributed by atoms with Gasteiger partial charge in [0.2, 0.25) is 0 Å². The third-order valence-electron chi connectivity index (χ3n) is 4.13. The molecule has 0 saturated carbocycles. The summed E-state index contributed by atoms with van der Waals surface area (Å²) in [7, 11) is 2.13. The summed E-state index contributed by atoms with van der Waals surface area (Å²) >= 11 is 0.504. The van der Waals surface area contributed by atoms with Crippen molar-refractivity contribution >= 4 is 34.9 Å². The van der Waals surface area contributed by atoms with Crippen LogP contribution in [0.5, 0.6) is 0 Å². The van der Waals surface area contributed by atoms with Crippen molar-refractivity contribution in [3.63, 3.8) is 0 Å². The fourth-order valence-corrected chi connectivity index (χ4v) is 4.69. The van der Waals surface area contributed by atoms with Crippen LogP contribution in [0, 0.1) is 6.92 Å². The van der Waals surface area contributed by atoms with Crippen LogP contribution in [0.4, 0.5) is 0 Å². The van der Waals surface area contributed by atoms with Gasteiger partial charge in [-0.3, -0.25) is 0 Å². The quantitative estimate of drug-likeness (QED) is 0.367. The van der Waals surface area contributed by atoms with Gasteiger partial charge in [0, 0.05) is 0 Å². The summed E-state index contributed by atoms with van der Waals surface area (Å²) < 4.78 is 3.74. The van der Waals surface area contributed by atoms with Gasteiger partial charge in [0.1, 0.15) is 0 Å². The van der Waals surface area contributed by atoms with Crippen molar-refractivity contribution in [3.05, 3.63) is 65.2 Å². The molecule has 102 valence electrons. The van der Waals surface area contributed by atoms with E-state index >= 15 is 0 Å². The molecule has 4 aromatic rings. The molecular weight excluding hydrogens is 321 g/mol. The first kappa shape index (κ1) is 12.8. The predicted octanol–water partition coefficient (Wildman–Crippen LogP) is 3.85. The summed E-state index contributed by atoms with van der Waals surface area (Å²) in [6.45, 7) is 2.18. The third kappa shape index (κ3) is 2.03. The van der Waals surface area contributed by atoms with Crippen LogP contribution in [0.2, 0.25) is 0 Å². The molecule has 0 saturated heterocycles. The van der Waals surface area contributed by atoms with Gasteiger partial charge in [-0.15, -0.1) is 0 Å². The Morgan fingerprint density at radius 3 is 2.67 bits per heavy atom. The zero-order chi connectivity index (χ0) is 14.4. The van der Waals surface area contributed by atoms with Crippen molar-refractivity contribution in [2.75, 3.05) is 0 Å². The molecule has 0 aliphatic heterocycles. The number of rotatable bonds is 1. The first-order valence-corrected chi connectivity index (χ1v) is 8.94. The van der Waals surface area contributed by atoms with E-state index in [0.717, 1.165) is 0 Å². The molecule has 0 atom stereocenters. The second kappa shape index (κ2) is 4.84. The van der Waals surface area contributed by atoms with Gasteiger partial charge >= 0.3 is 130 Å². The van der Waals surface area contributed by atoms with Crippen molar-refractivity contribution < 1.29 is 4.57 Å². The molecule has 2 heteroatoms. The predicted molar refractivity (Wildman–Crippen MR) is 89.7 cm³/mol. The number of hydrogen-bond acceptors (Lipinski definition) is 0. The average Bonchev–Trinajstić information content (AvgIpc) is 2.96. The Hall–Kier alpha value is -1.89. The maximum atomic E-state index is 2.35. The molecule has 2 aromatic heterocycles. The Bertz CT molecular complexity index is 966. The molecule has 21 heavy (non-hydrogen) atoms. The maximum absolute atomic E-state index is 2.35. The first-order valence-electron chi connectivity index (χ1n) is 7.09. The van der Waals surface area contributed by atoms with Crippen LogP contribution in [0.15, 0.2) is 59.7 Å². The molecule has 0 N–H and O–H groups in total. The number of hydrogen-bond donors (Lipinski definition) is 0. The monoisotopic (exact) mass is 338 g/mol. The number of aromatic nitrogens is 1. The Morgan fingerprint density at radius 2 is 1.81 bits per heavy atom. The molecule has 0 amide bonds. The van der Waals surface area contributed by atoms with Gasteiger partial charge in [0.25, 0.3) is 0 Å². The van der Waals surface area contributed by atoms with Gasteiger partial charge < -0.3 is 0 Å². The van der Waals surface area contributed by atoms with Crippen LogP contribution < -0.4 is 4.57 Å². The van der Waals surface area contributed by atoms with Crippen LogP contribution in [-0.4, -0.2) is 14.5 Å². The van der Waals surface area contributed by atoms with E-state index in [9.17, 15) is 0 Å². The van der Waals surface area contributed by atoms with Crippen LogP contribution in [-0.2, 0) is 7.05 Å². The SMILES string of the molecule is Cc1ccccc1-c1cc2c(ccc3[se]ccc32)c[n+]1C. The summed E-state index contributed by atoms with van der Waals surface area (Å²) in [6, 6.07) is 17.8. The fraction of sp³-hybridized carbons (Fsp3) is 0.105. The second-order valence-electron chi connectivity index (χ2n) is 5.49. The van der Waals surface area contributed by atoms with E-state index in [1.165, 1.54) is 37.2 Å². The van der Waals surface area contributed by atoms with Crippen LogP contribution in [0.1, 0.15) is 5.56 Å². The van der Waals surface area contributed by atoms with Crippen molar-refractivity contribution in [3.8, 4) is 11.3 Å². The van der Waals surface area contributed by atoms with Crippen LogP contribution in [0.3, 0.4) is 0 Å². The summed E-state index contributed by atoms with van der Waals surface area (Å²) in [5.74, 6) is 0. The van der Waals surface area contributed by atoms with Crippen molar-refractivity contribution in [1.29, 1.82) is 0 Å². The summed E-state index contributed by atoms with van der Waals surface area (Å²) in [5, 5.41) is 4.11. The molecule has 0 bridgehead atoms. The Morgan fingerprint density at radius 1 is 0.952 bits per heavy atom. The van der Waals surface area contributed by atoms with E-state index in [1.54, 1.807) is 0 Å². The Balaban J connectivity index is 2.10. The molecular formula is C19H16NSe+. The van der Waals surface area contributed by atoms with Crippen molar-refractivity contribution in [2.45, 2.75) is 6.92 Å². The van der Waals surface area contributed by atoms with Gasteiger partial charge in [-0.2, -0.15) is 0 Å².